The van der Waals surface area contributed by atoms with Crippen molar-refractivity contribution in [1.29, 1.82) is 0 Å². The maximum Gasteiger partial charge on any atom is 0.165 e. The number of H-pyrrole nitrogens is 1. The van der Waals surface area contributed by atoms with Gasteiger partial charge in [-0.2, -0.15) is 0 Å². The summed E-state index contributed by atoms with van der Waals surface area (Å²) in [6, 6.07) is 6.27. The van der Waals surface area contributed by atoms with E-state index in [1.807, 2.05) is 19.2 Å². The van der Waals surface area contributed by atoms with E-state index in [4.69, 9.17) is 4.74 Å². The number of aryl methyl sites for hydroxylation is 1. The Morgan fingerprint density at radius 1 is 1.33 bits per heavy atom. The summed E-state index contributed by atoms with van der Waals surface area (Å²) in [7, 11) is 0. The summed E-state index contributed by atoms with van der Waals surface area (Å²) in [6.45, 7) is 4.09. The Balaban J connectivity index is 1.81. The fourth-order valence-electron chi connectivity index (χ4n) is 2.83. The number of nitrogens with one attached hydrogen (secondary N) is 1. The first-order chi connectivity index (χ1) is 10.2. The van der Waals surface area contributed by atoms with E-state index >= 15 is 0 Å². The van der Waals surface area contributed by atoms with Crippen LogP contribution in [0.4, 0.5) is 0 Å². The quantitative estimate of drug-likeness (QED) is 0.785. The van der Waals surface area contributed by atoms with Gasteiger partial charge in [0.25, 0.3) is 0 Å². The van der Waals surface area contributed by atoms with Gasteiger partial charge in [-0.05, 0) is 37.6 Å². The van der Waals surface area contributed by atoms with Crippen molar-refractivity contribution in [3.63, 3.8) is 0 Å². The molecule has 5 nitrogen and oxygen atoms in total. The van der Waals surface area contributed by atoms with Crippen LogP contribution in [-0.2, 0) is 6.42 Å². The van der Waals surface area contributed by atoms with Gasteiger partial charge in [0.1, 0.15) is 17.5 Å². The van der Waals surface area contributed by atoms with Crippen molar-refractivity contribution in [1.82, 2.24) is 19.5 Å². The third-order valence-electron chi connectivity index (χ3n) is 3.84. The van der Waals surface area contributed by atoms with Gasteiger partial charge in [0.2, 0.25) is 0 Å². The molecule has 0 radical (unpaired) electrons. The lowest BCUT2D eigenvalue weighted by atomic mass is 10.1. The van der Waals surface area contributed by atoms with Crippen molar-refractivity contribution in [2.45, 2.75) is 26.4 Å². The molecule has 5 heteroatoms. The highest BCUT2D eigenvalue weighted by atomic mass is 16.5. The van der Waals surface area contributed by atoms with Gasteiger partial charge < -0.3 is 9.72 Å². The molecule has 0 fully saturated rings. The fourth-order valence-corrected chi connectivity index (χ4v) is 2.83. The van der Waals surface area contributed by atoms with Crippen LogP contribution in [-0.4, -0.2) is 25.6 Å². The van der Waals surface area contributed by atoms with E-state index in [9.17, 15) is 0 Å². The largest absolute Gasteiger partial charge is 0.490 e. The third-order valence-corrected chi connectivity index (χ3v) is 3.84. The van der Waals surface area contributed by atoms with Gasteiger partial charge in [-0.15, -0.1) is 0 Å². The van der Waals surface area contributed by atoms with Crippen LogP contribution >= 0.6 is 0 Å². The predicted molar refractivity (Wildman–Crippen MR) is 79.7 cm³/mol. The fraction of sp³-hybridized carbons (Fsp3) is 0.250. The van der Waals surface area contributed by atoms with E-state index in [2.05, 4.69) is 38.6 Å². The van der Waals surface area contributed by atoms with Gasteiger partial charge in [0.05, 0.1) is 6.33 Å². The van der Waals surface area contributed by atoms with Gasteiger partial charge in [-0.1, -0.05) is 0 Å². The topological polar surface area (TPSA) is 55.7 Å². The Morgan fingerprint density at radius 2 is 2.24 bits per heavy atom. The van der Waals surface area contributed by atoms with Gasteiger partial charge in [0, 0.05) is 30.2 Å². The second-order valence-electron chi connectivity index (χ2n) is 5.42. The molecule has 0 saturated carbocycles. The van der Waals surface area contributed by atoms with Crippen LogP contribution in [0.15, 0.2) is 36.9 Å². The molecule has 0 amide bonds. The standard InChI is InChI=1S/C16H16N4O/c1-10-7-12-8-13(3-4-14(12)21-10)20-6-5-17-16(20)15-11(2)18-9-19-15/h3-6,8-10H,7H2,1-2H3,(H,18,19). The van der Waals surface area contributed by atoms with E-state index < -0.39 is 0 Å². The first-order valence-corrected chi connectivity index (χ1v) is 7.06. The minimum atomic E-state index is 0.256. The molecule has 1 unspecified atom stereocenters. The number of hydrogen-bond donors (Lipinski definition) is 1. The molecule has 1 aromatic carbocycles. The Hall–Kier alpha value is -2.56. The zero-order valence-corrected chi connectivity index (χ0v) is 12.0. The van der Waals surface area contributed by atoms with Gasteiger partial charge in [-0.25, -0.2) is 9.97 Å². The lowest BCUT2D eigenvalue weighted by Crippen LogP contribution is -2.05. The monoisotopic (exact) mass is 280 g/mol. The number of aromatic amines is 1. The van der Waals surface area contributed by atoms with E-state index in [1.165, 1.54) is 5.56 Å². The molecule has 3 heterocycles. The number of imidazole rings is 2. The zero-order valence-electron chi connectivity index (χ0n) is 12.0. The SMILES string of the molecule is Cc1[nH]cnc1-c1nccn1-c1ccc2c(c1)CC(C)O2. The highest BCUT2D eigenvalue weighted by Crippen LogP contribution is 2.31. The van der Waals surface area contributed by atoms with Gasteiger partial charge in [-0.3, -0.25) is 4.57 Å². The molecular formula is C16H16N4O. The number of hydrogen-bond acceptors (Lipinski definition) is 3. The van der Waals surface area contributed by atoms with E-state index in [0.717, 1.165) is 35.1 Å². The van der Waals surface area contributed by atoms with Crippen LogP contribution in [0, 0.1) is 6.92 Å². The molecule has 1 aliphatic heterocycles. The highest BCUT2D eigenvalue weighted by Gasteiger charge is 2.20. The molecule has 3 aromatic rings. The second kappa shape index (κ2) is 4.48. The molecule has 1 aliphatic rings. The average molecular weight is 280 g/mol. The predicted octanol–water partition coefficient (Wildman–Crippen LogP) is 2.89. The summed E-state index contributed by atoms with van der Waals surface area (Å²) in [6.07, 6.45) is 6.67. The molecule has 0 saturated heterocycles. The summed E-state index contributed by atoms with van der Waals surface area (Å²) in [5.74, 6) is 1.84. The van der Waals surface area contributed by atoms with Crippen LogP contribution in [0.1, 0.15) is 18.2 Å². The van der Waals surface area contributed by atoms with Crippen molar-refractivity contribution >= 4 is 0 Å². The van der Waals surface area contributed by atoms with Crippen molar-refractivity contribution in [2.24, 2.45) is 0 Å². The summed E-state index contributed by atoms with van der Waals surface area (Å²) < 4.78 is 7.82. The lowest BCUT2D eigenvalue weighted by Gasteiger charge is -2.08. The van der Waals surface area contributed by atoms with Gasteiger partial charge >= 0.3 is 0 Å². The Kier molecular flexibility index (Phi) is 2.60. The van der Waals surface area contributed by atoms with Crippen LogP contribution < -0.4 is 4.74 Å². The van der Waals surface area contributed by atoms with Crippen molar-refractivity contribution < 1.29 is 4.74 Å². The molecular weight excluding hydrogens is 264 g/mol. The normalized spacial score (nSPS) is 16.8. The Morgan fingerprint density at radius 3 is 3.05 bits per heavy atom. The summed E-state index contributed by atoms with van der Waals surface area (Å²) >= 11 is 0. The Labute approximate surface area is 122 Å². The number of rotatable bonds is 2. The van der Waals surface area contributed by atoms with Crippen LogP contribution in [0.3, 0.4) is 0 Å². The van der Waals surface area contributed by atoms with E-state index in [1.54, 1.807) is 12.5 Å². The number of nitrogens with zero attached hydrogens (tertiary/aromatic N) is 3. The molecule has 2 aromatic heterocycles. The number of fused-ring (bicyclic) bond motifs is 1. The number of benzene rings is 1. The Bertz CT molecular complexity index is 802. The first kappa shape index (κ1) is 12.2. The molecule has 0 spiro atoms. The van der Waals surface area contributed by atoms with Crippen LogP contribution in [0.5, 0.6) is 5.75 Å². The minimum absolute atomic E-state index is 0.256. The summed E-state index contributed by atoms with van der Waals surface area (Å²) in [5.41, 5.74) is 4.23. The molecule has 21 heavy (non-hydrogen) atoms. The average Bonchev–Trinajstić information content (AvgIpc) is 3.15. The molecule has 4 rings (SSSR count). The smallest absolute Gasteiger partial charge is 0.165 e. The second-order valence-corrected chi connectivity index (χ2v) is 5.42. The number of ether oxygens (including phenoxy) is 1. The summed E-state index contributed by atoms with van der Waals surface area (Å²) in [4.78, 5) is 11.9. The highest BCUT2D eigenvalue weighted by molar-refractivity contribution is 5.58. The van der Waals surface area contributed by atoms with Crippen molar-refractivity contribution in [3.8, 4) is 23.0 Å². The van der Waals surface area contributed by atoms with Gasteiger partial charge in [0.15, 0.2) is 5.82 Å². The molecule has 0 aliphatic carbocycles. The third kappa shape index (κ3) is 1.93. The zero-order chi connectivity index (χ0) is 14.4. The van der Waals surface area contributed by atoms with Crippen molar-refractivity contribution in [2.75, 3.05) is 0 Å². The van der Waals surface area contributed by atoms with E-state index in [0.29, 0.717) is 0 Å². The van der Waals surface area contributed by atoms with Crippen LogP contribution in [0.2, 0.25) is 0 Å². The molecule has 106 valence electrons. The van der Waals surface area contributed by atoms with Crippen LogP contribution in [0.25, 0.3) is 17.2 Å². The molecule has 1 N–H and O–H groups in total. The maximum absolute atomic E-state index is 5.76. The minimum Gasteiger partial charge on any atom is -0.490 e. The molecule has 1 atom stereocenters. The maximum atomic E-state index is 5.76. The first-order valence-electron chi connectivity index (χ1n) is 7.06. The molecule has 0 bridgehead atoms. The van der Waals surface area contributed by atoms with E-state index in [-0.39, 0.29) is 6.10 Å². The lowest BCUT2D eigenvalue weighted by molar-refractivity contribution is 0.254. The summed E-state index contributed by atoms with van der Waals surface area (Å²) in [5, 5.41) is 0. The van der Waals surface area contributed by atoms with Crippen molar-refractivity contribution in [3.05, 3.63) is 48.2 Å². The number of aromatic nitrogens is 4.